The molecule has 1 saturated heterocycles. The van der Waals surface area contributed by atoms with Crippen LogP contribution in [-0.4, -0.2) is 53.2 Å². The summed E-state index contributed by atoms with van der Waals surface area (Å²) in [5.74, 6) is -2.80. The van der Waals surface area contributed by atoms with E-state index in [0.29, 0.717) is 22.9 Å². The highest BCUT2D eigenvalue weighted by atomic mass is 19.3. The van der Waals surface area contributed by atoms with Gasteiger partial charge in [0.05, 0.1) is 18.4 Å². The van der Waals surface area contributed by atoms with Crippen molar-refractivity contribution in [3.63, 3.8) is 0 Å². The second-order valence-electron chi connectivity index (χ2n) is 4.82. The Labute approximate surface area is 114 Å². The number of carbonyl (C=O) groups is 1. The average Bonchev–Trinajstić information content (AvgIpc) is 2.37. The Morgan fingerprint density at radius 3 is 2.80 bits per heavy atom. The molecule has 1 aromatic rings. The van der Waals surface area contributed by atoms with Crippen LogP contribution in [0.25, 0.3) is 0 Å². The van der Waals surface area contributed by atoms with E-state index in [2.05, 4.69) is 4.98 Å². The number of hydrogen-bond donors (Lipinski definition) is 2. The Bertz CT molecular complexity index is 495. The van der Waals surface area contributed by atoms with Gasteiger partial charge in [-0.1, -0.05) is 0 Å². The monoisotopic (exact) mass is 286 g/mol. The number of amides is 1. The molecule has 0 bridgehead atoms. The predicted molar refractivity (Wildman–Crippen MR) is 70.0 cm³/mol. The first-order chi connectivity index (χ1) is 9.31. The third-order valence-corrected chi connectivity index (χ3v) is 3.47. The van der Waals surface area contributed by atoms with Gasteiger partial charge in [0.2, 0.25) is 0 Å². The highest BCUT2D eigenvalue weighted by Crippen LogP contribution is 2.33. The first kappa shape index (κ1) is 14.3. The van der Waals surface area contributed by atoms with Crippen LogP contribution >= 0.6 is 0 Å². The van der Waals surface area contributed by atoms with Crippen LogP contribution in [0.4, 0.5) is 25.1 Å². The van der Waals surface area contributed by atoms with Gasteiger partial charge in [-0.2, -0.15) is 0 Å². The van der Waals surface area contributed by atoms with Gasteiger partial charge in [0.15, 0.2) is 0 Å². The van der Waals surface area contributed by atoms with Gasteiger partial charge < -0.3 is 20.6 Å². The molecule has 0 aromatic carbocycles. The molecule has 0 aliphatic carbocycles. The lowest BCUT2D eigenvalue weighted by molar-refractivity contribution is -0.0748. The molecule has 0 spiro atoms. The standard InChI is InChI=1S/C12H16F2N4O2/c1-17(11(19)20)9-4-5-18(7-12(9,13)14)8-2-3-10(15)16-6-8/h2-3,6,9H,4-5,7H2,1H3,(H2,15,16)(H,19,20). The zero-order chi connectivity index (χ0) is 14.9. The van der Waals surface area contributed by atoms with Crippen LogP contribution in [0.15, 0.2) is 18.3 Å². The first-order valence-corrected chi connectivity index (χ1v) is 6.11. The molecule has 2 heterocycles. The quantitative estimate of drug-likeness (QED) is 0.860. The number of hydrogen-bond acceptors (Lipinski definition) is 4. The third-order valence-electron chi connectivity index (χ3n) is 3.47. The molecule has 1 aliphatic rings. The lowest BCUT2D eigenvalue weighted by Gasteiger charge is -2.42. The summed E-state index contributed by atoms with van der Waals surface area (Å²) in [6, 6.07) is 1.86. The topological polar surface area (TPSA) is 82.7 Å². The van der Waals surface area contributed by atoms with E-state index in [1.54, 1.807) is 12.1 Å². The predicted octanol–water partition coefficient (Wildman–Crippen LogP) is 1.49. The maximum atomic E-state index is 14.1. The van der Waals surface area contributed by atoms with Crippen molar-refractivity contribution in [2.75, 3.05) is 30.8 Å². The normalized spacial score (nSPS) is 21.6. The van der Waals surface area contributed by atoms with Crippen molar-refractivity contribution in [2.45, 2.75) is 18.4 Å². The minimum absolute atomic E-state index is 0.0557. The van der Waals surface area contributed by atoms with Gasteiger partial charge in [0.25, 0.3) is 5.92 Å². The summed E-state index contributed by atoms with van der Waals surface area (Å²) in [5.41, 5.74) is 6.01. The molecule has 1 unspecified atom stereocenters. The van der Waals surface area contributed by atoms with E-state index in [1.807, 2.05) is 0 Å². The van der Waals surface area contributed by atoms with Gasteiger partial charge in [0.1, 0.15) is 11.9 Å². The number of nitrogens with zero attached hydrogens (tertiary/aromatic N) is 3. The second kappa shape index (κ2) is 5.10. The van der Waals surface area contributed by atoms with Crippen LogP contribution in [0.5, 0.6) is 0 Å². The maximum absolute atomic E-state index is 14.1. The third kappa shape index (κ3) is 2.73. The molecule has 1 fully saturated rings. The number of pyridine rings is 1. The summed E-state index contributed by atoms with van der Waals surface area (Å²) in [4.78, 5) is 16.9. The molecule has 8 heteroatoms. The second-order valence-corrected chi connectivity index (χ2v) is 4.82. The largest absolute Gasteiger partial charge is 0.465 e. The Morgan fingerprint density at radius 1 is 1.60 bits per heavy atom. The Balaban J connectivity index is 2.14. The van der Waals surface area contributed by atoms with Crippen LogP contribution in [0.3, 0.4) is 0 Å². The van der Waals surface area contributed by atoms with Gasteiger partial charge >= 0.3 is 6.09 Å². The fraction of sp³-hybridized carbons (Fsp3) is 0.500. The summed E-state index contributed by atoms with van der Waals surface area (Å²) in [7, 11) is 1.17. The van der Waals surface area contributed by atoms with Crippen molar-refractivity contribution in [3.05, 3.63) is 18.3 Å². The number of nitrogens with two attached hydrogens (primary N) is 1. The summed E-state index contributed by atoms with van der Waals surface area (Å²) < 4.78 is 28.2. The molecule has 6 nitrogen and oxygen atoms in total. The SMILES string of the molecule is CN(C(=O)O)C1CCN(c2ccc(N)nc2)CC1(F)F. The lowest BCUT2D eigenvalue weighted by Crippen LogP contribution is -2.58. The van der Waals surface area contributed by atoms with Gasteiger partial charge in [-0.05, 0) is 18.6 Å². The van der Waals surface area contributed by atoms with Crippen molar-refractivity contribution in [3.8, 4) is 0 Å². The molecule has 1 aliphatic heterocycles. The van der Waals surface area contributed by atoms with Crippen LogP contribution in [0, 0.1) is 0 Å². The summed E-state index contributed by atoms with van der Waals surface area (Å²) in [6.07, 6.45) is 0.143. The van der Waals surface area contributed by atoms with E-state index in [-0.39, 0.29) is 6.42 Å². The summed E-state index contributed by atoms with van der Waals surface area (Å²) >= 11 is 0. The molecule has 0 saturated carbocycles. The summed E-state index contributed by atoms with van der Waals surface area (Å²) in [6.45, 7) is -0.204. The molecular weight excluding hydrogens is 270 g/mol. The fourth-order valence-electron chi connectivity index (χ4n) is 2.34. The average molecular weight is 286 g/mol. The van der Waals surface area contributed by atoms with Crippen LogP contribution in [-0.2, 0) is 0 Å². The molecule has 1 atom stereocenters. The van der Waals surface area contributed by atoms with E-state index in [4.69, 9.17) is 10.8 Å². The highest BCUT2D eigenvalue weighted by molar-refractivity contribution is 5.65. The smallest absolute Gasteiger partial charge is 0.407 e. The molecule has 1 aromatic heterocycles. The number of alkyl halides is 2. The minimum atomic E-state index is -3.12. The fourth-order valence-corrected chi connectivity index (χ4v) is 2.34. The Hall–Kier alpha value is -2.12. The van der Waals surface area contributed by atoms with Gasteiger partial charge in [-0.3, -0.25) is 0 Å². The zero-order valence-electron chi connectivity index (χ0n) is 11.0. The van der Waals surface area contributed by atoms with E-state index in [9.17, 15) is 13.6 Å². The molecule has 0 radical (unpaired) electrons. The van der Waals surface area contributed by atoms with E-state index >= 15 is 0 Å². The van der Waals surface area contributed by atoms with Crippen molar-refractivity contribution >= 4 is 17.6 Å². The first-order valence-electron chi connectivity index (χ1n) is 6.11. The number of aromatic nitrogens is 1. The van der Waals surface area contributed by atoms with Crippen molar-refractivity contribution in [1.29, 1.82) is 0 Å². The van der Waals surface area contributed by atoms with E-state index < -0.39 is 24.6 Å². The van der Waals surface area contributed by atoms with E-state index in [1.165, 1.54) is 18.1 Å². The Kier molecular flexibility index (Phi) is 3.65. The Morgan fingerprint density at radius 2 is 2.30 bits per heavy atom. The summed E-state index contributed by atoms with van der Waals surface area (Å²) in [5, 5.41) is 8.84. The molecule has 110 valence electrons. The number of halogens is 2. The minimum Gasteiger partial charge on any atom is -0.465 e. The van der Waals surface area contributed by atoms with Crippen LogP contribution in [0.1, 0.15) is 6.42 Å². The molecule has 2 rings (SSSR count). The van der Waals surface area contributed by atoms with Gasteiger partial charge in [-0.25, -0.2) is 18.6 Å². The van der Waals surface area contributed by atoms with Gasteiger partial charge in [-0.15, -0.1) is 0 Å². The van der Waals surface area contributed by atoms with Crippen LogP contribution < -0.4 is 10.6 Å². The molecular formula is C12H16F2N4O2. The van der Waals surface area contributed by atoms with Crippen molar-refractivity contribution < 1.29 is 18.7 Å². The molecule has 3 N–H and O–H groups in total. The maximum Gasteiger partial charge on any atom is 0.407 e. The number of nitrogen functional groups attached to an aromatic ring is 1. The van der Waals surface area contributed by atoms with Gasteiger partial charge in [0, 0.05) is 13.6 Å². The highest BCUT2D eigenvalue weighted by Gasteiger charge is 2.48. The lowest BCUT2D eigenvalue weighted by atomic mass is 9.99. The molecule has 20 heavy (non-hydrogen) atoms. The van der Waals surface area contributed by atoms with E-state index in [0.717, 1.165) is 0 Å². The number of anilines is 2. The number of piperidine rings is 1. The van der Waals surface area contributed by atoms with Crippen molar-refractivity contribution in [1.82, 2.24) is 9.88 Å². The number of rotatable bonds is 2. The molecule has 1 amide bonds. The van der Waals surface area contributed by atoms with Crippen LogP contribution in [0.2, 0.25) is 0 Å². The van der Waals surface area contributed by atoms with Crippen molar-refractivity contribution in [2.24, 2.45) is 0 Å². The number of carboxylic acid groups (broad SMARTS) is 1. The zero-order valence-corrected chi connectivity index (χ0v) is 11.0.